The van der Waals surface area contributed by atoms with Crippen LogP contribution in [-0.4, -0.2) is 55.3 Å². The standard InChI is InChI=1S/C26H36N2O4S/c1-31-17-7-14-27-25(29)19-12-15-28(16-13-19)26(30)24-22(18-33-20-8-3-2-4-9-20)21-10-5-6-11-23(21)32-24/h5-6,10-11,19-20H,2-4,7-9,12-18H2,1H3,(H,27,29). The zero-order chi connectivity index (χ0) is 23.0. The number of nitrogens with zero attached hydrogens (tertiary/aromatic N) is 1. The number of carbonyl (C=O) groups is 2. The number of likely N-dealkylation sites (tertiary alicyclic amines) is 1. The first-order valence-corrected chi connectivity index (χ1v) is 13.4. The Labute approximate surface area is 200 Å². The van der Waals surface area contributed by atoms with Crippen LogP contribution >= 0.6 is 11.8 Å². The molecule has 2 fully saturated rings. The van der Waals surface area contributed by atoms with Gasteiger partial charge in [-0.3, -0.25) is 9.59 Å². The number of methoxy groups -OCH3 is 1. The molecule has 2 amide bonds. The molecule has 7 heteroatoms. The average Bonchev–Trinajstić information content (AvgIpc) is 3.24. The molecule has 33 heavy (non-hydrogen) atoms. The second kappa shape index (κ2) is 11.9. The second-order valence-corrected chi connectivity index (χ2v) is 10.5. The van der Waals surface area contributed by atoms with Gasteiger partial charge >= 0.3 is 0 Å². The van der Waals surface area contributed by atoms with Crippen molar-refractivity contribution >= 4 is 34.5 Å². The number of hydrogen-bond acceptors (Lipinski definition) is 5. The lowest BCUT2D eigenvalue weighted by Gasteiger charge is -2.31. The largest absolute Gasteiger partial charge is 0.451 e. The number of ether oxygens (including phenoxy) is 1. The number of amides is 2. The van der Waals surface area contributed by atoms with Crippen LogP contribution in [0.3, 0.4) is 0 Å². The van der Waals surface area contributed by atoms with Crippen molar-refractivity contribution in [1.82, 2.24) is 10.2 Å². The first-order valence-electron chi connectivity index (χ1n) is 12.3. The van der Waals surface area contributed by atoms with Crippen LogP contribution in [0.2, 0.25) is 0 Å². The minimum absolute atomic E-state index is 0.0337. The monoisotopic (exact) mass is 472 g/mol. The first-order chi connectivity index (χ1) is 16.2. The third-order valence-electron chi connectivity index (χ3n) is 6.89. The number of carbonyl (C=O) groups excluding carboxylic acids is 2. The average molecular weight is 473 g/mol. The van der Waals surface area contributed by atoms with E-state index in [1.165, 1.54) is 32.1 Å². The summed E-state index contributed by atoms with van der Waals surface area (Å²) in [6.07, 6.45) is 8.69. The Hall–Kier alpha value is -1.99. The summed E-state index contributed by atoms with van der Waals surface area (Å²) in [5, 5.41) is 4.72. The second-order valence-electron chi connectivity index (χ2n) is 9.18. The summed E-state index contributed by atoms with van der Waals surface area (Å²) in [6, 6.07) is 7.97. The molecule has 6 nitrogen and oxygen atoms in total. The van der Waals surface area contributed by atoms with Crippen molar-refractivity contribution < 1.29 is 18.7 Å². The van der Waals surface area contributed by atoms with Crippen molar-refractivity contribution in [3.8, 4) is 0 Å². The van der Waals surface area contributed by atoms with E-state index in [1.54, 1.807) is 7.11 Å². The number of thioether (sulfide) groups is 1. The molecule has 1 N–H and O–H groups in total. The molecule has 1 aliphatic heterocycles. The van der Waals surface area contributed by atoms with Gasteiger partial charge in [0.1, 0.15) is 5.58 Å². The topological polar surface area (TPSA) is 71.8 Å². The van der Waals surface area contributed by atoms with Crippen molar-refractivity contribution in [3.05, 3.63) is 35.6 Å². The third kappa shape index (κ3) is 6.12. The molecule has 1 aliphatic carbocycles. The maximum Gasteiger partial charge on any atom is 0.289 e. The molecule has 2 heterocycles. The Morgan fingerprint density at radius 1 is 1.12 bits per heavy atom. The molecule has 1 saturated carbocycles. The van der Waals surface area contributed by atoms with Gasteiger partial charge < -0.3 is 19.4 Å². The van der Waals surface area contributed by atoms with E-state index in [4.69, 9.17) is 9.15 Å². The van der Waals surface area contributed by atoms with Gasteiger partial charge in [0, 0.05) is 61.2 Å². The van der Waals surface area contributed by atoms with Crippen molar-refractivity contribution in [2.75, 3.05) is 33.4 Å². The highest BCUT2D eigenvalue weighted by molar-refractivity contribution is 7.99. The molecule has 0 bridgehead atoms. The van der Waals surface area contributed by atoms with Gasteiger partial charge in [0.05, 0.1) is 0 Å². The highest BCUT2D eigenvalue weighted by Gasteiger charge is 2.31. The summed E-state index contributed by atoms with van der Waals surface area (Å²) < 4.78 is 11.1. The van der Waals surface area contributed by atoms with Crippen LogP contribution < -0.4 is 5.32 Å². The molecule has 4 rings (SSSR count). The van der Waals surface area contributed by atoms with Crippen LogP contribution in [0.1, 0.15) is 67.5 Å². The molecule has 180 valence electrons. The zero-order valence-electron chi connectivity index (χ0n) is 19.6. The van der Waals surface area contributed by atoms with E-state index in [9.17, 15) is 9.59 Å². The summed E-state index contributed by atoms with van der Waals surface area (Å²) in [5.41, 5.74) is 1.81. The molecule has 0 radical (unpaired) electrons. The van der Waals surface area contributed by atoms with Gasteiger partial charge in [-0.15, -0.1) is 0 Å². The zero-order valence-corrected chi connectivity index (χ0v) is 20.5. The Kier molecular flexibility index (Phi) is 8.73. The Bertz CT molecular complexity index is 930. The van der Waals surface area contributed by atoms with Crippen LogP contribution in [0.5, 0.6) is 0 Å². The predicted molar refractivity (Wildman–Crippen MR) is 133 cm³/mol. The van der Waals surface area contributed by atoms with E-state index in [-0.39, 0.29) is 17.7 Å². The van der Waals surface area contributed by atoms with Crippen LogP contribution in [0.4, 0.5) is 0 Å². The molecule has 1 aromatic carbocycles. The molecular formula is C26H36N2O4S. The molecule has 0 spiro atoms. The maximum absolute atomic E-state index is 13.5. The van der Waals surface area contributed by atoms with E-state index in [1.807, 2.05) is 34.9 Å². The van der Waals surface area contributed by atoms with Crippen LogP contribution in [-0.2, 0) is 15.3 Å². The number of benzene rings is 1. The van der Waals surface area contributed by atoms with Gasteiger partial charge in [0.25, 0.3) is 5.91 Å². The fourth-order valence-electron chi connectivity index (χ4n) is 4.91. The Morgan fingerprint density at radius 3 is 2.64 bits per heavy atom. The number of fused-ring (bicyclic) bond motifs is 1. The van der Waals surface area contributed by atoms with Gasteiger partial charge in [-0.2, -0.15) is 11.8 Å². The van der Waals surface area contributed by atoms with Crippen molar-refractivity contribution in [3.63, 3.8) is 0 Å². The SMILES string of the molecule is COCCCNC(=O)C1CCN(C(=O)c2oc3ccccc3c2CSC2CCCCC2)CC1. The molecule has 0 unspecified atom stereocenters. The van der Waals surface area contributed by atoms with Gasteiger partial charge in [0.15, 0.2) is 5.76 Å². The molecule has 2 aliphatic rings. The molecule has 1 saturated heterocycles. The van der Waals surface area contributed by atoms with E-state index in [2.05, 4.69) is 11.4 Å². The fourth-order valence-corrected chi connectivity index (χ4v) is 6.26. The van der Waals surface area contributed by atoms with Crippen LogP contribution in [0.15, 0.2) is 28.7 Å². The minimum atomic E-state index is -0.0376. The molecule has 0 atom stereocenters. The normalized spacial score (nSPS) is 18.0. The lowest BCUT2D eigenvalue weighted by molar-refractivity contribution is -0.126. The van der Waals surface area contributed by atoms with E-state index < -0.39 is 0 Å². The van der Waals surface area contributed by atoms with E-state index in [0.29, 0.717) is 50.1 Å². The fraction of sp³-hybridized carbons (Fsp3) is 0.615. The smallest absolute Gasteiger partial charge is 0.289 e. The lowest BCUT2D eigenvalue weighted by atomic mass is 9.95. The molecular weight excluding hydrogens is 436 g/mol. The summed E-state index contributed by atoms with van der Waals surface area (Å²) >= 11 is 1.97. The summed E-state index contributed by atoms with van der Waals surface area (Å²) in [5.74, 6) is 1.31. The number of hydrogen-bond donors (Lipinski definition) is 1. The van der Waals surface area contributed by atoms with Crippen molar-refractivity contribution in [1.29, 1.82) is 0 Å². The third-order valence-corrected chi connectivity index (χ3v) is 8.28. The number of para-hydroxylation sites is 1. The van der Waals surface area contributed by atoms with Crippen LogP contribution in [0, 0.1) is 5.92 Å². The number of rotatable bonds is 9. The minimum Gasteiger partial charge on any atom is -0.451 e. The highest BCUT2D eigenvalue weighted by Crippen LogP contribution is 2.35. The summed E-state index contributed by atoms with van der Waals surface area (Å²) in [4.78, 5) is 27.8. The van der Waals surface area contributed by atoms with Crippen molar-refractivity contribution in [2.24, 2.45) is 5.92 Å². The maximum atomic E-state index is 13.5. The van der Waals surface area contributed by atoms with Gasteiger partial charge in [-0.25, -0.2) is 0 Å². The highest BCUT2D eigenvalue weighted by atomic mass is 32.2. The first kappa shape index (κ1) is 24.1. The van der Waals surface area contributed by atoms with Crippen molar-refractivity contribution in [2.45, 2.75) is 62.4 Å². The molecule has 1 aromatic heterocycles. The summed E-state index contributed by atoms with van der Waals surface area (Å²) in [6.45, 7) is 2.45. The van der Waals surface area contributed by atoms with E-state index in [0.717, 1.165) is 28.7 Å². The quantitative estimate of drug-likeness (QED) is 0.520. The lowest BCUT2D eigenvalue weighted by Crippen LogP contribution is -2.43. The predicted octanol–water partition coefficient (Wildman–Crippen LogP) is 5.00. The van der Waals surface area contributed by atoms with Gasteiger partial charge in [0.2, 0.25) is 5.91 Å². The number of furan rings is 1. The van der Waals surface area contributed by atoms with Gasteiger partial charge in [-0.1, -0.05) is 37.5 Å². The van der Waals surface area contributed by atoms with Gasteiger partial charge in [-0.05, 0) is 38.2 Å². The Balaban J connectivity index is 1.39. The summed E-state index contributed by atoms with van der Waals surface area (Å²) in [7, 11) is 1.66. The Morgan fingerprint density at radius 2 is 1.88 bits per heavy atom. The van der Waals surface area contributed by atoms with E-state index >= 15 is 0 Å². The van der Waals surface area contributed by atoms with Crippen LogP contribution in [0.25, 0.3) is 11.0 Å². The molecule has 2 aromatic rings. The number of nitrogens with one attached hydrogen (secondary N) is 1. The number of piperidine rings is 1.